The van der Waals surface area contributed by atoms with E-state index >= 15 is 0 Å². The highest BCUT2D eigenvalue weighted by atomic mass is 16.2. The van der Waals surface area contributed by atoms with Gasteiger partial charge in [-0.15, -0.1) is 5.10 Å². The van der Waals surface area contributed by atoms with Gasteiger partial charge in [-0.05, 0) is 37.8 Å². The van der Waals surface area contributed by atoms with Gasteiger partial charge in [0, 0.05) is 12.6 Å². The summed E-state index contributed by atoms with van der Waals surface area (Å²) in [6, 6.07) is 7.87. The topological polar surface area (TPSA) is 73.3 Å². The van der Waals surface area contributed by atoms with Gasteiger partial charge in [0.2, 0.25) is 11.7 Å². The van der Waals surface area contributed by atoms with E-state index in [0.29, 0.717) is 18.2 Å². The van der Waals surface area contributed by atoms with Gasteiger partial charge in [-0.2, -0.15) is 0 Å². The maximum atomic E-state index is 12.7. The van der Waals surface area contributed by atoms with Gasteiger partial charge in [-0.25, -0.2) is 13.9 Å². The molecule has 3 aromatic rings. The Kier molecular flexibility index (Phi) is 4.30. The summed E-state index contributed by atoms with van der Waals surface area (Å²) in [6.45, 7) is 4.76. The number of imidazole rings is 1. The smallest absolute Gasteiger partial charge is 0.352 e. The summed E-state index contributed by atoms with van der Waals surface area (Å²) < 4.78 is 4.86. The Morgan fingerprint density at radius 1 is 1.23 bits per heavy atom. The number of hydrogen-bond donors (Lipinski definition) is 1. The molecule has 0 spiro atoms. The van der Waals surface area contributed by atoms with Crippen molar-refractivity contribution in [1.29, 1.82) is 0 Å². The van der Waals surface area contributed by atoms with Crippen LogP contribution in [0.25, 0.3) is 16.8 Å². The van der Waals surface area contributed by atoms with Crippen LogP contribution in [0.4, 0.5) is 0 Å². The lowest BCUT2D eigenvalue weighted by Gasteiger charge is -2.29. The molecule has 26 heavy (non-hydrogen) atoms. The number of hydrogen-bond acceptors (Lipinski definition) is 3. The van der Waals surface area contributed by atoms with E-state index in [4.69, 9.17) is 0 Å². The van der Waals surface area contributed by atoms with Gasteiger partial charge < -0.3 is 5.32 Å². The molecule has 0 bridgehead atoms. The van der Waals surface area contributed by atoms with Gasteiger partial charge in [0.15, 0.2) is 0 Å². The van der Waals surface area contributed by atoms with Gasteiger partial charge in [0.1, 0.15) is 6.54 Å². The van der Waals surface area contributed by atoms with Crippen LogP contribution in [0, 0.1) is 5.92 Å². The lowest BCUT2D eigenvalue weighted by molar-refractivity contribution is -0.122. The third-order valence-electron chi connectivity index (χ3n) is 5.54. The van der Waals surface area contributed by atoms with Crippen molar-refractivity contribution < 1.29 is 4.79 Å². The fourth-order valence-electron chi connectivity index (χ4n) is 4.06. The van der Waals surface area contributed by atoms with Crippen LogP contribution >= 0.6 is 0 Å². The summed E-state index contributed by atoms with van der Waals surface area (Å²) in [6.07, 6.45) is 4.62. The summed E-state index contributed by atoms with van der Waals surface area (Å²) in [5.41, 5.74) is 1.46. The first-order chi connectivity index (χ1) is 12.6. The van der Waals surface area contributed by atoms with Gasteiger partial charge in [0.25, 0.3) is 0 Å². The first kappa shape index (κ1) is 16.9. The van der Waals surface area contributed by atoms with Crippen molar-refractivity contribution >= 4 is 22.7 Å². The number of nitrogens with zero attached hydrogens (tertiary/aromatic N) is 4. The maximum Gasteiger partial charge on any atom is 0.352 e. The second-order valence-electron chi connectivity index (χ2n) is 7.24. The summed E-state index contributed by atoms with van der Waals surface area (Å²) in [7, 11) is 0. The van der Waals surface area contributed by atoms with Crippen LogP contribution in [-0.4, -0.2) is 30.7 Å². The molecule has 2 aromatic heterocycles. The summed E-state index contributed by atoms with van der Waals surface area (Å²) in [4.78, 5) is 25.3. The molecule has 1 N–H and O–H groups in total. The molecule has 4 rings (SSSR count). The molecule has 1 fully saturated rings. The molecule has 1 aromatic carbocycles. The van der Waals surface area contributed by atoms with Crippen LogP contribution in [0.3, 0.4) is 0 Å². The molecule has 0 saturated heterocycles. The highest BCUT2D eigenvalue weighted by Crippen LogP contribution is 2.24. The quantitative estimate of drug-likeness (QED) is 0.779. The largest absolute Gasteiger partial charge is 0.352 e. The van der Waals surface area contributed by atoms with Crippen LogP contribution in [0.5, 0.6) is 0 Å². The molecule has 1 amide bonds. The predicted octanol–water partition coefficient (Wildman–Crippen LogP) is 2.17. The van der Waals surface area contributed by atoms with E-state index in [0.717, 1.165) is 23.9 Å². The van der Waals surface area contributed by atoms with Crippen molar-refractivity contribution in [3.05, 3.63) is 34.7 Å². The number of rotatable bonds is 4. The van der Waals surface area contributed by atoms with Crippen LogP contribution in [-0.2, 0) is 17.9 Å². The number of aromatic nitrogens is 4. The molecule has 2 heterocycles. The SMILES string of the molecule is CCn1nc2n(CC(=O)N[C@H]3CCCC[C@@H]3C)c3ccccc3n2c1=O. The Hall–Kier alpha value is -2.57. The second-order valence-corrected chi connectivity index (χ2v) is 7.24. The summed E-state index contributed by atoms with van der Waals surface area (Å²) >= 11 is 0. The number of carbonyl (C=O) groups excluding carboxylic acids is 1. The highest BCUT2D eigenvalue weighted by Gasteiger charge is 2.24. The molecule has 138 valence electrons. The summed E-state index contributed by atoms with van der Waals surface area (Å²) in [5, 5.41) is 7.62. The molecule has 1 aliphatic rings. The van der Waals surface area contributed by atoms with E-state index < -0.39 is 0 Å². The second kappa shape index (κ2) is 6.63. The fourth-order valence-corrected chi connectivity index (χ4v) is 4.06. The van der Waals surface area contributed by atoms with Gasteiger partial charge in [0.05, 0.1) is 11.0 Å². The number of nitrogens with one attached hydrogen (secondary N) is 1. The minimum atomic E-state index is -0.168. The van der Waals surface area contributed by atoms with Gasteiger partial charge in [-0.3, -0.25) is 9.36 Å². The first-order valence-electron chi connectivity index (χ1n) is 9.46. The average molecular weight is 355 g/mol. The molecule has 1 saturated carbocycles. The molecule has 7 heteroatoms. The van der Waals surface area contributed by atoms with Gasteiger partial charge >= 0.3 is 5.69 Å². The lowest BCUT2D eigenvalue weighted by atomic mass is 9.86. The normalized spacial score (nSPS) is 20.7. The van der Waals surface area contributed by atoms with Crippen LogP contribution in [0.2, 0.25) is 0 Å². The number of fused-ring (bicyclic) bond motifs is 3. The molecule has 2 atom stereocenters. The monoisotopic (exact) mass is 355 g/mol. The zero-order chi connectivity index (χ0) is 18.3. The highest BCUT2D eigenvalue weighted by molar-refractivity contribution is 5.84. The van der Waals surface area contributed by atoms with Crippen LogP contribution < -0.4 is 11.0 Å². The van der Waals surface area contributed by atoms with E-state index in [-0.39, 0.29) is 24.2 Å². The third kappa shape index (κ3) is 2.71. The van der Waals surface area contributed by atoms with Crippen molar-refractivity contribution in [3.63, 3.8) is 0 Å². The standard InChI is InChI=1S/C19H25N5O2/c1-3-23-19(26)24-16-11-7-6-10-15(16)22(18(24)21-23)12-17(25)20-14-9-5-4-8-13(14)2/h6-7,10-11,13-14H,3-5,8-9,12H2,1-2H3,(H,20,25)/t13-,14-/m0/s1. The van der Waals surface area contributed by atoms with E-state index in [9.17, 15) is 9.59 Å². The molecule has 1 aliphatic carbocycles. The molecule has 0 radical (unpaired) electrons. The average Bonchev–Trinajstić information content (AvgIpc) is 3.13. The number of para-hydroxylation sites is 2. The van der Waals surface area contributed by atoms with Crippen molar-refractivity contribution in [2.75, 3.05) is 0 Å². The Labute approximate surface area is 151 Å². The van der Waals surface area contributed by atoms with Crippen molar-refractivity contribution in [1.82, 2.24) is 24.1 Å². The molecular weight excluding hydrogens is 330 g/mol. The first-order valence-corrected chi connectivity index (χ1v) is 9.46. The minimum Gasteiger partial charge on any atom is -0.352 e. The van der Waals surface area contributed by atoms with E-state index in [2.05, 4.69) is 17.3 Å². The van der Waals surface area contributed by atoms with E-state index in [1.807, 2.05) is 35.8 Å². The van der Waals surface area contributed by atoms with Crippen molar-refractivity contribution in [2.24, 2.45) is 5.92 Å². The van der Waals surface area contributed by atoms with Gasteiger partial charge in [-0.1, -0.05) is 31.9 Å². The van der Waals surface area contributed by atoms with Crippen molar-refractivity contribution in [2.45, 2.75) is 58.7 Å². The number of benzene rings is 1. The minimum absolute atomic E-state index is 0.0227. The predicted molar refractivity (Wildman–Crippen MR) is 100 cm³/mol. The van der Waals surface area contributed by atoms with Crippen molar-refractivity contribution in [3.8, 4) is 0 Å². The maximum absolute atomic E-state index is 12.7. The molecule has 7 nitrogen and oxygen atoms in total. The Morgan fingerprint density at radius 3 is 2.69 bits per heavy atom. The molecular formula is C19H25N5O2. The molecule has 0 aliphatic heterocycles. The van der Waals surface area contributed by atoms with E-state index in [1.54, 1.807) is 4.40 Å². The third-order valence-corrected chi connectivity index (χ3v) is 5.54. The Morgan fingerprint density at radius 2 is 1.96 bits per heavy atom. The number of amides is 1. The Bertz CT molecular complexity index is 1010. The lowest BCUT2D eigenvalue weighted by Crippen LogP contribution is -2.42. The Balaban J connectivity index is 1.70. The zero-order valence-corrected chi connectivity index (χ0v) is 15.3. The fraction of sp³-hybridized carbons (Fsp3) is 0.526. The number of carbonyl (C=O) groups is 1. The van der Waals surface area contributed by atoms with E-state index in [1.165, 1.54) is 17.5 Å². The number of aryl methyl sites for hydroxylation is 1. The van der Waals surface area contributed by atoms with Crippen LogP contribution in [0.1, 0.15) is 39.5 Å². The summed E-state index contributed by atoms with van der Waals surface area (Å²) in [5.74, 6) is 1.01. The van der Waals surface area contributed by atoms with Crippen LogP contribution in [0.15, 0.2) is 29.1 Å². The molecule has 0 unspecified atom stereocenters. The zero-order valence-electron chi connectivity index (χ0n) is 15.3.